The first-order valence-electron chi connectivity index (χ1n) is 5.70. The molecule has 0 aliphatic rings. The minimum absolute atomic E-state index is 0.00668. The Bertz CT molecular complexity index is 785. The van der Waals surface area contributed by atoms with Gasteiger partial charge in [-0.3, -0.25) is 4.79 Å². The van der Waals surface area contributed by atoms with Crippen LogP contribution in [0.2, 0.25) is 5.15 Å². The molecule has 0 saturated carbocycles. The Balaban J connectivity index is 2.15. The van der Waals surface area contributed by atoms with Crippen molar-refractivity contribution < 1.29 is 9.90 Å². The van der Waals surface area contributed by atoms with Gasteiger partial charge >= 0.3 is 5.97 Å². The summed E-state index contributed by atoms with van der Waals surface area (Å²) < 4.78 is 1.10. The van der Waals surface area contributed by atoms with E-state index in [0.717, 1.165) is 20.3 Å². The molecule has 19 heavy (non-hydrogen) atoms. The lowest BCUT2D eigenvalue weighted by Crippen LogP contribution is -2.01. The van der Waals surface area contributed by atoms with Gasteiger partial charge in [-0.25, -0.2) is 9.97 Å². The van der Waals surface area contributed by atoms with Crippen LogP contribution in [0.25, 0.3) is 20.3 Å². The predicted octanol–water partition coefficient (Wildman–Crippen LogP) is 3.52. The van der Waals surface area contributed by atoms with Gasteiger partial charge in [0.2, 0.25) is 0 Å². The summed E-state index contributed by atoms with van der Waals surface area (Å²) in [6.45, 7) is 0. The summed E-state index contributed by atoms with van der Waals surface area (Å²) in [6, 6.07) is 7.91. The number of nitrogens with zero attached hydrogens (tertiary/aromatic N) is 2. The number of fused-ring (bicyclic) bond motifs is 3. The van der Waals surface area contributed by atoms with Gasteiger partial charge in [-0.15, -0.1) is 11.3 Å². The lowest BCUT2D eigenvalue weighted by atomic mass is 10.2. The largest absolute Gasteiger partial charge is 0.481 e. The van der Waals surface area contributed by atoms with E-state index < -0.39 is 5.97 Å². The van der Waals surface area contributed by atoms with Crippen LogP contribution in [0, 0.1) is 0 Å². The maximum Gasteiger partial charge on any atom is 0.303 e. The van der Waals surface area contributed by atoms with Crippen molar-refractivity contribution in [2.45, 2.75) is 12.8 Å². The Hall–Kier alpha value is -1.72. The van der Waals surface area contributed by atoms with Crippen LogP contribution < -0.4 is 0 Å². The summed E-state index contributed by atoms with van der Waals surface area (Å²) in [5, 5.41) is 11.0. The van der Waals surface area contributed by atoms with Gasteiger partial charge in [0.1, 0.15) is 15.8 Å². The van der Waals surface area contributed by atoms with E-state index in [0.29, 0.717) is 17.4 Å². The molecule has 0 spiro atoms. The quantitative estimate of drug-likeness (QED) is 0.750. The van der Waals surface area contributed by atoms with E-state index in [1.165, 1.54) is 0 Å². The van der Waals surface area contributed by atoms with Gasteiger partial charge in [-0.05, 0) is 6.07 Å². The van der Waals surface area contributed by atoms with E-state index in [9.17, 15) is 4.79 Å². The molecule has 0 bridgehead atoms. The SMILES string of the molecule is O=C(O)CCc1nc(Cl)c2c(n1)sc1ccccc12. The number of hydrogen-bond acceptors (Lipinski definition) is 4. The predicted molar refractivity (Wildman–Crippen MR) is 75.9 cm³/mol. The zero-order valence-corrected chi connectivity index (χ0v) is 11.3. The highest BCUT2D eigenvalue weighted by atomic mass is 35.5. The Labute approximate surface area is 117 Å². The minimum atomic E-state index is -0.865. The Kier molecular flexibility index (Phi) is 3.08. The summed E-state index contributed by atoms with van der Waals surface area (Å²) >= 11 is 7.75. The first-order chi connectivity index (χ1) is 9.15. The summed E-state index contributed by atoms with van der Waals surface area (Å²) in [7, 11) is 0. The molecule has 6 heteroatoms. The smallest absolute Gasteiger partial charge is 0.303 e. The minimum Gasteiger partial charge on any atom is -0.481 e. The molecular weight excluding hydrogens is 284 g/mol. The van der Waals surface area contributed by atoms with E-state index in [2.05, 4.69) is 9.97 Å². The second-order valence-electron chi connectivity index (χ2n) is 4.10. The average Bonchev–Trinajstić information content (AvgIpc) is 2.74. The van der Waals surface area contributed by atoms with Gasteiger partial charge in [0, 0.05) is 16.5 Å². The van der Waals surface area contributed by atoms with Gasteiger partial charge in [0.05, 0.1) is 11.8 Å². The van der Waals surface area contributed by atoms with E-state index in [4.69, 9.17) is 16.7 Å². The second kappa shape index (κ2) is 4.75. The molecule has 0 saturated heterocycles. The number of halogens is 1. The Morgan fingerprint density at radius 3 is 2.89 bits per heavy atom. The maximum absolute atomic E-state index is 10.6. The number of aryl methyl sites for hydroxylation is 1. The molecule has 3 aromatic rings. The number of rotatable bonds is 3. The Morgan fingerprint density at radius 2 is 2.11 bits per heavy atom. The highest BCUT2D eigenvalue weighted by Crippen LogP contribution is 2.35. The number of benzene rings is 1. The van der Waals surface area contributed by atoms with Crippen molar-refractivity contribution in [1.82, 2.24) is 9.97 Å². The average molecular weight is 293 g/mol. The van der Waals surface area contributed by atoms with Crippen LogP contribution in [0.15, 0.2) is 24.3 Å². The van der Waals surface area contributed by atoms with Crippen molar-refractivity contribution in [3.05, 3.63) is 35.2 Å². The van der Waals surface area contributed by atoms with Crippen molar-refractivity contribution in [3.8, 4) is 0 Å². The van der Waals surface area contributed by atoms with Crippen molar-refractivity contribution in [2.75, 3.05) is 0 Å². The molecule has 0 radical (unpaired) electrons. The highest BCUT2D eigenvalue weighted by Gasteiger charge is 2.13. The molecule has 0 unspecified atom stereocenters. The number of hydrogen-bond donors (Lipinski definition) is 1. The van der Waals surface area contributed by atoms with E-state index >= 15 is 0 Å². The molecule has 2 aromatic heterocycles. The maximum atomic E-state index is 10.6. The monoisotopic (exact) mass is 292 g/mol. The van der Waals surface area contributed by atoms with Crippen LogP contribution in [-0.2, 0) is 11.2 Å². The topological polar surface area (TPSA) is 63.1 Å². The molecule has 1 aromatic carbocycles. The van der Waals surface area contributed by atoms with E-state index in [1.54, 1.807) is 11.3 Å². The van der Waals surface area contributed by atoms with Crippen LogP contribution in [0.3, 0.4) is 0 Å². The number of aliphatic carboxylic acids is 1. The van der Waals surface area contributed by atoms with Crippen LogP contribution in [0.1, 0.15) is 12.2 Å². The van der Waals surface area contributed by atoms with Crippen molar-refractivity contribution in [1.29, 1.82) is 0 Å². The van der Waals surface area contributed by atoms with Gasteiger partial charge in [-0.2, -0.15) is 0 Å². The fourth-order valence-corrected chi connectivity index (χ4v) is 3.39. The molecule has 4 nitrogen and oxygen atoms in total. The third-order valence-corrected chi connectivity index (χ3v) is 4.14. The first kappa shape index (κ1) is 12.3. The van der Waals surface area contributed by atoms with Gasteiger partial charge in [0.15, 0.2) is 0 Å². The lowest BCUT2D eigenvalue weighted by molar-refractivity contribution is -0.137. The standard InChI is InChI=1S/C13H9ClN2O2S/c14-12-11-7-3-1-2-4-8(7)19-13(11)16-9(15-12)5-6-10(17)18/h1-4H,5-6H2,(H,17,18). The third-order valence-electron chi connectivity index (χ3n) is 2.80. The van der Waals surface area contributed by atoms with E-state index in [-0.39, 0.29) is 6.42 Å². The normalized spacial score (nSPS) is 11.2. The van der Waals surface area contributed by atoms with Crippen molar-refractivity contribution in [2.24, 2.45) is 0 Å². The number of thiophene rings is 1. The zero-order valence-electron chi connectivity index (χ0n) is 9.76. The molecule has 3 rings (SSSR count). The summed E-state index contributed by atoms with van der Waals surface area (Å²) in [4.78, 5) is 20.0. The number of carboxylic acids is 1. The van der Waals surface area contributed by atoms with Crippen LogP contribution in [-0.4, -0.2) is 21.0 Å². The molecule has 1 N–H and O–H groups in total. The number of carboxylic acid groups (broad SMARTS) is 1. The van der Waals surface area contributed by atoms with E-state index in [1.807, 2.05) is 24.3 Å². The lowest BCUT2D eigenvalue weighted by Gasteiger charge is -2.00. The molecule has 2 heterocycles. The number of carbonyl (C=O) groups is 1. The van der Waals surface area contributed by atoms with Crippen LogP contribution in [0.4, 0.5) is 0 Å². The fourth-order valence-electron chi connectivity index (χ4n) is 1.95. The van der Waals surface area contributed by atoms with Crippen molar-refractivity contribution in [3.63, 3.8) is 0 Å². The molecule has 0 fully saturated rings. The van der Waals surface area contributed by atoms with Crippen molar-refractivity contribution >= 4 is 49.2 Å². The molecule has 0 atom stereocenters. The van der Waals surface area contributed by atoms with Crippen LogP contribution in [0.5, 0.6) is 0 Å². The second-order valence-corrected chi connectivity index (χ2v) is 5.49. The fraction of sp³-hybridized carbons (Fsp3) is 0.154. The van der Waals surface area contributed by atoms with Crippen LogP contribution >= 0.6 is 22.9 Å². The highest BCUT2D eigenvalue weighted by molar-refractivity contribution is 7.25. The molecule has 0 aliphatic carbocycles. The van der Waals surface area contributed by atoms with Gasteiger partial charge in [0.25, 0.3) is 0 Å². The van der Waals surface area contributed by atoms with Gasteiger partial charge in [-0.1, -0.05) is 29.8 Å². The molecular formula is C13H9ClN2O2S. The Morgan fingerprint density at radius 1 is 1.32 bits per heavy atom. The zero-order chi connectivity index (χ0) is 13.4. The molecule has 0 amide bonds. The molecule has 0 aliphatic heterocycles. The summed E-state index contributed by atoms with van der Waals surface area (Å²) in [5.74, 6) is -0.386. The van der Waals surface area contributed by atoms with Gasteiger partial charge < -0.3 is 5.11 Å². The summed E-state index contributed by atoms with van der Waals surface area (Å²) in [6.07, 6.45) is 0.298. The molecule has 96 valence electrons. The third kappa shape index (κ3) is 2.27. The number of aromatic nitrogens is 2. The summed E-state index contributed by atoms with van der Waals surface area (Å²) in [5.41, 5.74) is 0. The first-order valence-corrected chi connectivity index (χ1v) is 6.90.